The minimum absolute atomic E-state index is 0.132. The molecule has 0 bridgehead atoms. The van der Waals surface area contributed by atoms with Crippen molar-refractivity contribution in [3.8, 4) is 0 Å². The van der Waals surface area contributed by atoms with Crippen molar-refractivity contribution in [2.24, 2.45) is 0 Å². The summed E-state index contributed by atoms with van der Waals surface area (Å²) in [6.45, 7) is 5.19. The highest BCUT2D eigenvalue weighted by Crippen LogP contribution is 2.31. The van der Waals surface area contributed by atoms with E-state index in [0.717, 1.165) is 28.0 Å². The largest absolute Gasteiger partial charge is 0.306 e. The standard InChI is InChI=1S/C17H19BrClN/c1-3-12-6-5-7-13(10-12)17(20-4-2)15-9-8-14(18)11-16(15)19/h5-11,17,20H,3-4H2,1-2H3. The molecule has 0 saturated heterocycles. The topological polar surface area (TPSA) is 12.0 Å². The number of halogens is 2. The Bertz CT molecular complexity index is 583. The molecule has 0 aliphatic rings. The number of rotatable bonds is 5. The van der Waals surface area contributed by atoms with Crippen LogP contribution in [0, 0.1) is 0 Å². The van der Waals surface area contributed by atoms with E-state index in [2.05, 4.69) is 65.4 Å². The van der Waals surface area contributed by atoms with Crippen LogP contribution in [0.25, 0.3) is 0 Å². The predicted octanol–water partition coefficient (Wildman–Crippen LogP) is 5.36. The fourth-order valence-electron chi connectivity index (χ4n) is 2.34. The molecule has 1 N–H and O–H groups in total. The van der Waals surface area contributed by atoms with Gasteiger partial charge in [0, 0.05) is 9.50 Å². The number of hydrogen-bond acceptors (Lipinski definition) is 1. The highest BCUT2D eigenvalue weighted by atomic mass is 79.9. The van der Waals surface area contributed by atoms with Crippen molar-refractivity contribution in [1.82, 2.24) is 5.32 Å². The number of hydrogen-bond donors (Lipinski definition) is 1. The average Bonchev–Trinajstić information content (AvgIpc) is 2.45. The van der Waals surface area contributed by atoms with Crippen molar-refractivity contribution in [2.45, 2.75) is 26.3 Å². The van der Waals surface area contributed by atoms with Gasteiger partial charge >= 0.3 is 0 Å². The normalized spacial score (nSPS) is 12.4. The second kappa shape index (κ2) is 7.26. The van der Waals surface area contributed by atoms with E-state index in [1.54, 1.807) is 0 Å². The van der Waals surface area contributed by atoms with Crippen molar-refractivity contribution in [3.63, 3.8) is 0 Å². The van der Waals surface area contributed by atoms with Crippen molar-refractivity contribution in [1.29, 1.82) is 0 Å². The van der Waals surface area contributed by atoms with E-state index in [0.29, 0.717) is 0 Å². The molecular weight excluding hydrogens is 334 g/mol. The predicted molar refractivity (Wildman–Crippen MR) is 90.5 cm³/mol. The molecule has 2 aromatic carbocycles. The third-order valence-corrected chi connectivity index (χ3v) is 4.19. The number of aryl methyl sites for hydroxylation is 1. The molecule has 0 fully saturated rings. The van der Waals surface area contributed by atoms with Crippen LogP contribution in [-0.4, -0.2) is 6.54 Å². The lowest BCUT2D eigenvalue weighted by molar-refractivity contribution is 0.630. The quantitative estimate of drug-likeness (QED) is 0.763. The first-order valence-electron chi connectivity index (χ1n) is 6.92. The highest BCUT2D eigenvalue weighted by molar-refractivity contribution is 9.10. The first kappa shape index (κ1) is 15.6. The van der Waals surface area contributed by atoms with Gasteiger partial charge in [-0.05, 0) is 41.8 Å². The van der Waals surface area contributed by atoms with Crippen molar-refractivity contribution in [3.05, 3.63) is 68.7 Å². The van der Waals surface area contributed by atoms with Crippen molar-refractivity contribution in [2.75, 3.05) is 6.54 Å². The van der Waals surface area contributed by atoms with Gasteiger partial charge in [0.25, 0.3) is 0 Å². The molecule has 0 amide bonds. The Morgan fingerprint density at radius 3 is 2.60 bits per heavy atom. The molecule has 0 aromatic heterocycles. The van der Waals surface area contributed by atoms with Crippen LogP contribution in [0.3, 0.4) is 0 Å². The summed E-state index contributed by atoms with van der Waals surface area (Å²) in [4.78, 5) is 0. The maximum atomic E-state index is 6.41. The SMILES string of the molecule is CCNC(c1cccc(CC)c1)c1ccc(Br)cc1Cl. The molecule has 2 rings (SSSR count). The first-order valence-corrected chi connectivity index (χ1v) is 8.10. The van der Waals surface area contributed by atoms with Gasteiger partial charge < -0.3 is 5.32 Å². The highest BCUT2D eigenvalue weighted by Gasteiger charge is 2.16. The summed E-state index contributed by atoms with van der Waals surface area (Å²) in [5.41, 5.74) is 3.72. The minimum Gasteiger partial charge on any atom is -0.306 e. The van der Waals surface area contributed by atoms with Crippen LogP contribution in [0.1, 0.15) is 36.6 Å². The molecule has 0 spiro atoms. The molecule has 3 heteroatoms. The molecule has 1 atom stereocenters. The molecule has 106 valence electrons. The van der Waals surface area contributed by atoms with Gasteiger partial charge in [0.2, 0.25) is 0 Å². The van der Waals surface area contributed by atoms with E-state index in [-0.39, 0.29) is 6.04 Å². The van der Waals surface area contributed by atoms with E-state index in [1.807, 2.05) is 12.1 Å². The maximum absolute atomic E-state index is 6.41. The Balaban J connectivity index is 2.44. The first-order chi connectivity index (χ1) is 9.65. The van der Waals surface area contributed by atoms with Gasteiger partial charge in [0.1, 0.15) is 0 Å². The van der Waals surface area contributed by atoms with E-state index in [9.17, 15) is 0 Å². The third kappa shape index (κ3) is 3.63. The molecule has 20 heavy (non-hydrogen) atoms. The molecule has 0 aliphatic heterocycles. The fourth-order valence-corrected chi connectivity index (χ4v) is 3.12. The van der Waals surface area contributed by atoms with Crippen LogP contribution in [0.5, 0.6) is 0 Å². The third-order valence-electron chi connectivity index (χ3n) is 3.37. The zero-order valence-corrected chi connectivity index (χ0v) is 14.1. The van der Waals surface area contributed by atoms with E-state index < -0.39 is 0 Å². The summed E-state index contributed by atoms with van der Waals surface area (Å²) in [5, 5.41) is 4.31. The molecule has 0 saturated carbocycles. The summed E-state index contributed by atoms with van der Waals surface area (Å²) >= 11 is 9.87. The average molecular weight is 353 g/mol. The molecular formula is C17H19BrClN. The maximum Gasteiger partial charge on any atom is 0.0591 e. The molecule has 0 heterocycles. The van der Waals surface area contributed by atoms with Crippen LogP contribution in [0.15, 0.2) is 46.9 Å². The zero-order chi connectivity index (χ0) is 14.5. The van der Waals surface area contributed by atoms with Crippen LogP contribution < -0.4 is 5.32 Å². The zero-order valence-electron chi connectivity index (χ0n) is 11.8. The van der Waals surface area contributed by atoms with Crippen LogP contribution in [0.2, 0.25) is 5.02 Å². The van der Waals surface area contributed by atoms with Crippen LogP contribution >= 0.6 is 27.5 Å². The lowest BCUT2D eigenvalue weighted by Gasteiger charge is -2.21. The van der Waals surface area contributed by atoms with Gasteiger partial charge in [0.15, 0.2) is 0 Å². The van der Waals surface area contributed by atoms with Gasteiger partial charge in [-0.2, -0.15) is 0 Å². The monoisotopic (exact) mass is 351 g/mol. The fraction of sp³-hybridized carbons (Fsp3) is 0.294. The molecule has 0 radical (unpaired) electrons. The Morgan fingerprint density at radius 1 is 1.15 bits per heavy atom. The second-order valence-electron chi connectivity index (χ2n) is 4.76. The van der Waals surface area contributed by atoms with Gasteiger partial charge in [-0.15, -0.1) is 0 Å². The Kier molecular flexibility index (Phi) is 5.64. The van der Waals surface area contributed by atoms with Crippen molar-refractivity contribution < 1.29 is 0 Å². The van der Waals surface area contributed by atoms with Crippen molar-refractivity contribution >= 4 is 27.5 Å². The number of nitrogens with one attached hydrogen (secondary N) is 1. The molecule has 2 aromatic rings. The van der Waals surface area contributed by atoms with E-state index >= 15 is 0 Å². The van der Waals surface area contributed by atoms with Crippen LogP contribution in [0.4, 0.5) is 0 Å². The van der Waals surface area contributed by atoms with E-state index in [4.69, 9.17) is 11.6 Å². The molecule has 1 unspecified atom stereocenters. The second-order valence-corrected chi connectivity index (χ2v) is 6.08. The van der Waals surface area contributed by atoms with Gasteiger partial charge in [-0.3, -0.25) is 0 Å². The summed E-state index contributed by atoms with van der Waals surface area (Å²) in [6.07, 6.45) is 1.04. The lowest BCUT2D eigenvalue weighted by atomic mass is 9.96. The van der Waals surface area contributed by atoms with Gasteiger partial charge in [-0.1, -0.05) is 71.7 Å². The van der Waals surface area contributed by atoms with Gasteiger partial charge in [0.05, 0.1) is 6.04 Å². The lowest BCUT2D eigenvalue weighted by Crippen LogP contribution is -2.22. The minimum atomic E-state index is 0.132. The molecule has 0 aliphatic carbocycles. The number of benzene rings is 2. The Labute approximate surface area is 134 Å². The van der Waals surface area contributed by atoms with E-state index in [1.165, 1.54) is 11.1 Å². The van der Waals surface area contributed by atoms with Gasteiger partial charge in [-0.25, -0.2) is 0 Å². The summed E-state index contributed by atoms with van der Waals surface area (Å²) in [5.74, 6) is 0. The summed E-state index contributed by atoms with van der Waals surface area (Å²) < 4.78 is 1.00. The Morgan fingerprint density at radius 2 is 1.95 bits per heavy atom. The summed E-state index contributed by atoms with van der Waals surface area (Å²) in [6, 6.07) is 14.9. The smallest absolute Gasteiger partial charge is 0.0591 e. The molecule has 1 nitrogen and oxygen atoms in total. The Hall–Kier alpha value is -0.830. The summed E-state index contributed by atoms with van der Waals surface area (Å²) in [7, 11) is 0. The van der Waals surface area contributed by atoms with Crippen LogP contribution in [-0.2, 0) is 6.42 Å².